The highest BCUT2D eigenvalue weighted by molar-refractivity contribution is 7.96. The normalized spacial score (nSPS) is 14.8. The Bertz CT molecular complexity index is 492. The molecule has 0 unspecified atom stereocenters. The third-order valence-corrected chi connectivity index (χ3v) is 5.85. The lowest BCUT2D eigenvalue weighted by Crippen LogP contribution is -2.44. The highest BCUT2D eigenvalue weighted by atomic mass is 32.2. The summed E-state index contributed by atoms with van der Waals surface area (Å²) in [5, 5.41) is -0.497. The molecule has 0 spiro atoms. The minimum Gasteiger partial charge on any atom is -0.223 e. The molecule has 0 heterocycles. The summed E-state index contributed by atoms with van der Waals surface area (Å²) < 4.78 is 26.0. The molecule has 114 valence electrons. The lowest BCUT2D eigenvalue weighted by atomic mass is 9.77. The first-order chi connectivity index (χ1) is 8.89. The minimum absolute atomic E-state index is 0.280. The first kappa shape index (κ1) is 18.9. The van der Waals surface area contributed by atoms with Gasteiger partial charge < -0.3 is 0 Å². The highest BCUT2D eigenvalue weighted by Crippen LogP contribution is 2.41. The summed E-state index contributed by atoms with van der Waals surface area (Å²) in [5.74, 6) is 0. The first-order valence-corrected chi connectivity index (χ1v) is 8.29. The molecule has 0 rings (SSSR count). The molecule has 0 aliphatic rings. The van der Waals surface area contributed by atoms with Crippen LogP contribution in [0.1, 0.15) is 41.5 Å². The molecule has 0 N–H and O–H groups in total. The zero-order valence-corrected chi connectivity index (χ0v) is 14.4. The van der Waals surface area contributed by atoms with Gasteiger partial charge in [0.15, 0.2) is 9.84 Å². The smallest absolute Gasteiger partial charge is 0.182 e. The van der Waals surface area contributed by atoms with E-state index in [2.05, 4.69) is 13.2 Å². The maximum atomic E-state index is 13.0. The fraction of sp³-hybridized carbons (Fsp3) is 0.529. The summed E-state index contributed by atoms with van der Waals surface area (Å²) in [7, 11) is -3.46. The summed E-state index contributed by atoms with van der Waals surface area (Å²) in [4.78, 5) is 0.280. The highest BCUT2D eigenvalue weighted by Gasteiger charge is 2.45. The summed E-state index contributed by atoms with van der Waals surface area (Å²) in [6.45, 7) is 19.0. The summed E-state index contributed by atoms with van der Waals surface area (Å²) in [5.41, 5.74) is -0.723. The van der Waals surface area contributed by atoms with Crippen LogP contribution in [0, 0.1) is 10.8 Å². The predicted octanol–water partition coefficient (Wildman–Crippen LogP) is 4.67. The SMILES string of the molecule is C=C/C=C\C(=C/C=C)S(=O)(=O)C(C(C)(C)C)C(C)(C)C. The van der Waals surface area contributed by atoms with Crippen molar-refractivity contribution in [2.45, 2.75) is 46.8 Å². The van der Waals surface area contributed by atoms with Crippen LogP contribution in [0.15, 0.2) is 48.4 Å². The fourth-order valence-corrected chi connectivity index (χ4v) is 5.58. The van der Waals surface area contributed by atoms with Gasteiger partial charge in [-0.1, -0.05) is 72.9 Å². The Labute approximate surface area is 124 Å². The Kier molecular flexibility index (Phi) is 6.22. The zero-order valence-electron chi connectivity index (χ0n) is 13.6. The third-order valence-electron chi connectivity index (χ3n) is 2.89. The molecule has 0 bridgehead atoms. The van der Waals surface area contributed by atoms with Gasteiger partial charge in [-0.15, -0.1) is 0 Å². The molecule has 0 saturated heterocycles. The Balaban J connectivity index is 6.13. The second kappa shape index (κ2) is 6.57. The van der Waals surface area contributed by atoms with Crippen molar-refractivity contribution in [1.82, 2.24) is 0 Å². The van der Waals surface area contributed by atoms with E-state index in [1.807, 2.05) is 41.5 Å². The molecule has 20 heavy (non-hydrogen) atoms. The monoisotopic (exact) mass is 296 g/mol. The van der Waals surface area contributed by atoms with Crippen LogP contribution >= 0.6 is 0 Å². The van der Waals surface area contributed by atoms with Crippen LogP contribution < -0.4 is 0 Å². The van der Waals surface area contributed by atoms with Crippen LogP contribution in [0.2, 0.25) is 0 Å². The fourth-order valence-electron chi connectivity index (χ4n) is 2.89. The molecule has 0 radical (unpaired) electrons. The number of rotatable bonds is 5. The Morgan fingerprint density at radius 3 is 1.70 bits per heavy atom. The topological polar surface area (TPSA) is 34.1 Å². The Morgan fingerprint density at radius 2 is 1.40 bits per heavy atom. The molecule has 3 heteroatoms. The molecule has 0 aromatic carbocycles. The van der Waals surface area contributed by atoms with Gasteiger partial charge in [0.05, 0.1) is 10.2 Å². The van der Waals surface area contributed by atoms with E-state index in [1.165, 1.54) is 6.08 Å². The van der Waals surface area contributed by atoms with Crippen molar-refractivity contribution in [2.75, 3.05) is 0 Å². The van der Waals surface area contributed by atoms with Crippen molar-refractivity contribution in [2.24, 2.45) is 10.8 Å². The van der Waals surface area contributed by atoms with Crippen LogP contribution in [0.25, 0.3) is 0 Å². The molecule has 0 fully saturated rings. The summed E-state index contributed by atoms with van der Waals surface area (Å²) in [6.07, 6.45) is 7.82. The van der Waals surface area contributed by atoms with E-state index in [4.69, 9.17) is 0 Å². The molecule has 0 aromatic rings. The van der Waals surface area contributed by atoms with Crippen LogP contribution in [0.3, 0.4) is 0 Å². The van der Waals surface area contributed by atoms with Gasteiger partial charge in [0.2, 0.25) is 0 Å². The Morgan fingerprint density at radius 1 is 0.950 bits per heavy atom. The Hall–Kier alpha value is -1.09. The molecular weight excluding hydrogens is 268 g/mol. The second-order valence-corrected chi connectivity index (χ2v) is 9.09. The van der Waals surface area contributed by atoms with Crippen molar-refractivity contribution in [3.8, 4) is 0 Å². The summed E-state index contributed by atoms with van der Waals surface area (Å²) in [6, 6.07) is 0. The molecular formula is C17H28O2S. The maximum absolute atomic E-state index is 13.0. The van der Waals surface area contributed by atoms with Crippen LogP contribution in [0.5, 0.6) is 0 Å². The third kappa shape index (κ3) is 4.78. The summed E-state index contributed by atoms with van der Waals surface area (Å²) >= 11 is 0. The quantitative estimate of drug-likeness (QED) is 0.691. The van der Waals surface area contributed by atoms with Crippen LogP contribution in [-0.2, 0) is 9.84 Å². The van der Waals surface area contributed by atoms with E-state index in [1.54, 1.807) is 24.3 Å². The molecule has 0 aliphatic heterocycles. The molecule has 0 amide bonds. The lowest BCUT2D eigenvalue weighted by Gasteiger charge is -2.40. The molecule has 0 saturated carbocycles. The van der Waals surface area contributed by atoms with Gasteiger partial charge in [0.25, 0.3) is 0 Å². The molecule has 2 nitrogen and oxygen atoms in total. The first-order valence-electron chi connectivity index (χ1n) is 6.74. The maximum Gasteiger partial charge on any atom is 0.182 e. The lowest BCUT2D eigenvalue weighted by molar-refractivity contribution is 0.239. The van der Waals surface area contributed by atoms with E-state index in [0.29, 0.717) is 0 Å². The van der Waals surface area contributed by atoms with Crippen molar-refractivity contribution < 1.29 is 8.42 Å². The molecule has 0 atom stereocenters. The van der Waals surface area contributed by atoms with Crippen LogP contribution in [-0.4, -0.2) is 13.7 Å². The van der Waals surface area contributed by atoms with Crippen molar-refractivity contribution in [1.29, 1.82) is 0 Å². The van der Waals surface area contributed by atoms with Gasteiger partial charge in [-0.05, 0) is 23.0 Å². The van der Waals surface area contributed by atoms with E-state index in [0.717, 1.165) is 0 Å². The van der Waals surface area contributed by atoms with Crippen LogP contribution in [0.4, 0.5) is 0 Å². The van der Waals surface area contributed by atoms with E-state index in [-0.39, 0.29) is 15.7 Å². The second-order valence-electron chi connectivity index (χ2n) is 7.06. The van der Waals surface area contributed by atoms with E-state index >= 15 is 0 Å². The van der Waals surface area contributed by atoms with Crippen molar-refractivity contribution in [3.05, 3.63) is 48.4 Å². The van der Waals surface area contributed by atoms with Gasteiger partial charge in [-0.3, -0.25) is 0 Å². The molecule has 0 aliphatic carbocycles. The van der Waals surface area contributed by atoms with Gasteiger partial charge >= 0.3 is 0 Å². The van der Waals surface area contributed by atoms with Gasteiger partial charge in [-0.25, -0.2) is 8.42 Å². The van der Waals surface area contributed by atoms with E-state index < -0.39 is 15.1 Å². The largest absolute Gasteiger partial charge is 0.223 e. The number of allylic oxidation sites excluding steroid dienone is 5. The molecule has 0 aromatic heterocycles. The standard InChI is InChI=1S/C17H28O2S/c1-9-11-13-14(12-10-2)20(18,19)15(16(3,4)5)17(6,7)8/h9-13,15H,1-2H2,3-8H3/b13-11-,14-12+. The zero-order chi connectivity index (χ0) is 16.2. The van der Waals surface area contributed by atoms with Crippen molar-refractivity contribution >= 4 is 9.84 Å². The van der Waals surface area contributed by atoms with Crippen molar-refractivity contribution in [3.63, 3.8) is 0 Å². The van der Waals surface area contributed by atoms with E-state index in [9.17, 15) is 8.42 Å². The van der Waals surface area contributed by atoms with Gasteiger partial charge in [-0.2, -0.15) is 0 Å². The number of hydrogen-bond donors (Lipinski definition) is 0. The predicted molar refractivity (Wildman–Crippen MR) is 89.2 cm³/mol. The number of hydrogen-bond acceptors (Lipinski definition) is 2. The average Bonchev–Trinajstić information content (AvgIpc) is 2.18. The van der Waals surface area contributed by atoms with Gasteiger partial charge in [0.1, 0.15) is 0 Å². The average molecular weight is 296 g/mol. The van der Waals surface area contributed by atoms with Gasteiger partial charge in [0, 0.05) is 0 Å². The minimum atomic E-state index is -3.46. The number of sulfone groups is 1.